The second kappa shape index (κ2) is 4.85. The van der Waals surface area contributed by atoms with E-state index in [-0.39, 0.29) is 56.3 Å². The first-order chi connectivity index (χ1) is 5.00. The third-order valence-corrected chi connectivity index (χ3v) is 2.28. The third kappa shape index (κ3) is 3.65. The maximum atomic E-state index is 10.7. The van der Waals surface area contributed by atoms with Crippen LogP contribution in [0, 0.1) is 6.92 Å². The molecule has 0 aliphatic heterocycles. The van der Waals surface area contributed by atoms with E-state index in [9.17, 15) is 8.42 Å². The van der Waals surface area contributed by atoms with E-state index in [0.29, 0.717) is 0 Å². The van der Waals surface area contributed by atoms with Gasteiger partial charge in [-0.2, -0.15) is 0 Å². The summed E-state index contributed by atoms with van der Waals surface area (Å²) in [7, 11) is -3.52. The normalized spacial score (nSPS) is 10.5. The van der Waals surface area contributed by atoms with Crippen LogP contribution >= 0.6 is 0 Å². The Labute approximate surface area is 115 Å². The number of rotatable bonds is 1. The predicted octanol–water partition coefficient (Wildman–Crippen LogP) is -0.00608. The average Bonchev–Trinajstić information content (AvgIpc) is 1.86. The summed E-state index contributed by atoms with van der Waals surface area (Å²) in [6.45, 7) is 1.88. The van der Waals surface area contributed by atoms with E-state index in [1.165, 1.54) is 12.1 Å². The first-order valence-electron chi connectivity index (χ1n) is 3.09. The molecule has 0 aliphatic carbocycles. The number of hydrogen-bond donors (Lipinski definition) is 1. The van der Waals surface area contributed by atoms with Gasteiger partial charge in [-0.05, 0) is 19.1 Å². The van der Waals surface area contributed by atoms with Gasteiger partial charge < -0.3 is 0 Å². The summed E-state index contributed by atoms with van der Waals surface area (Å²) < 4.78 is 21.4. The molecule has 12 heavy (non-hydrogen) atoms. The summed E-state index contributed by atoms with van der Waals surface area (Å²) in [5, 5.41) is 4.88. The van der Waals surface area contributed by atoms with Crippen molar-refractivity contribution in [1.82, 2.24) is 0 Å². The Morgan fingerprint density at radius 2 is 1.58 bits per heavy atom. The molecule has 0 fully saturated rings. The van der Waals surface area contributed by atoms with Crippen LogP contribution in [-0.2, 0) is 10.0 Å². The molecule has 1 aromatic carbocycles. The van der Waals surface area contributed by atoms with Crippen molar-refractivity contribution in [2.75, 3.05) is 0 Å². The molecule has 0 spiro atoms. The van der Waals surface area contributed by atoms with E-state index >= 15 is 0 Å². The van der Waals surface area contributed by atoms with Gasteiger partial charge in [-0.15, -0.1) is 0 Å². The Morgan fingerprint density at radius 1 is 1.17 bits per heavy atom. The fourth-order valence-electron chi connectivity index (χ4n) is 0.728. The van der Waals surface area contributed by atoms with Crippen LogP contribution in [0.15, 0.2) is 29.2 Å². The summed E-state index contributed by atoms with van der Waals surface area (Å²) in [6.07, 6.45) is 0. The van der Waals surface area contributed by atoms with E-state index in [0.717, 1.165) is 5.56 Å². The molecule has 0 bridgehead atoms. The average molecular weight is 211 g/mol. The molecular formula is C7H10KNO2S. The molecule has 1 aromatic rings. The first kappa shape index (κ1) is 12.8. The molecule has 0 saturated carbocycles. The summed E-state index contributed by atoms with van der Waals surface area (Å²) in [5.74, 6) is 0. The summed E-state index contributed by atoms with van der Waals surface area (Å²) >= 11 is 0. The summed E-state index contributed by atoms with van der Waals surface area (Å²) in [4.78, 5) is 0.156. The van der Waals surface area contributed by atoms with Gasteiger partial charge in [0.2, 0.25) is 10.0 Å². The molecule has 0 atom stereocenters. The minimum absolute atomic E-state index is 0. The Kier molecular flexibility index (Phi) is 5.16. The number of sulfonamides is 1. The van der Waals surface area contributed by atoms with Gasteiger partial charge in [0.05, 0.1) is 4.90 Å². The van der Waals surface area contributed by atoms with Gasteiger partial charge in [-0.1, -0.05) is 17.7 Å². The van der Waals surface area contributed by atoms with E-state index in [1.807, 2.05) is 6.92 Å². The standard InChI is InChI=1S/C7H9NO2S.K.H/c1-6-2-4-7(5-3-6)11(8,9)10;;/h2-5H,1H3,(H2,8,9,10);;. The molecule has 5 heteroatoms. The van der Waals surface area contributed by atoms with Gasteiger partial charge in [0, 0.05) is 0 Å². The number of hydrogen-bond acceptors (Lipinski definition) is 2. The molecule has 0 heterocycles. The number of aryl methyl sites for hydroxylation is 1. The Bertz CT molecular complexity index is 344. The molecule has 3 nitrogen and oxygen atoms in total. The van der Waals surface area contributed by atoms with Gasteiger partial charge in [0.1, 0.15) is 0 Å². The zero-order valence-corrected chi connectivity index (χ0v) is 6.93. The van der Waals surface area contributed by atoms with E-state index in [1.54, 1.807) is 12.1 Å². The van der Waals surface area contributed by atoms with Crippen molar-refractivity contribution in [1.29, 1.82) is 0 Å². The fraction of sp³-hybridized carbons (Fsp3) is 0.143. The second-order valence-corrected chi connectivity index (χ2v) is 3.92. The molecule has 0 aliphatic rings. The minimum atomic E-state index is -3.52. The molecule has 0 aromatic heterocycles. The molecule has 0 unspecified atom stereocenters. The van der Waals surface area contributed by atoms with Crippen molar-refractivity contribution >= 4 is 61.4 Å². The number of benzene rings is 1. The quantitative estimate of drug-likeness (QED) is 0.664. The molecular weight excluding hydrogens is 201 g/mol. The molecule has 0 saturated heterocycles. The summed E-state index contributed by atoms with van der Waals surface area (Å²) in [5.41, 5.74) is 1.01. The van der Waals surface area contributed by atoms with Gasteiger partial charge in [-0.25, -0.2) is 13.6 Å². The number of primary sulfonamides is 1. The molecule has 0 amide bonds. The van der Waals surface area contributed by atoms with Crippen molar-refractivity contribution in [3.05, 3.63) is 29.8 Å². The van der Waals surface area contributed by atoms with Crippen LogP contribution in [0.2, 0.25) is 0 Å². The topological polar surface area (TPSA) is 60.2 Å². The van der Waals surface area contributed by atoms with Gasteiger partial charge >= 0.3 is 51.4 Å². The van der Waals surface area contributed by atoms with Gasteiger partial charge in [-0.3, -0.25) is 0 Å². The first-order valence-corrected chi connectivity index (χ1v) is 4.64. The SMILES string of the molecule is Cc1ccc(S(N)(=O)=O)cc1.[KH]. The van der Waals surface area contributed by atoms with Crippen molar-refractivity contribution in [3.63, 3.8) is 0 Å². The van der Waals surface area contributed by atoms with Gasteiger partial charge in [0.25, 0.3) is 0 Å². The van der Waals surface area contributed by atoms with Gasteiger partial charge in [0.15, 0.2) is 0 Å². The number of nitrogens with two attached hydrogens (primary N) is 1. The van der Waals surface area contributed by atoms with Crippen molar-refractivity contribution in [2.24, 2.45) is 5.14 Å². The zero-order valence-electron chi connectivity index (χ0n) is 6.11. The Morgan fingerprint density at radius 3 is 1.92 bits per heavy atom. The van der Waals surface area contributed by atoms with E-state index in [2.05, 4.69) is 0 Å². The van der Waals surface area contributed by atoms with Crippen LogP contribution in [0.3, 0.4) is 0 Å². The van der Waals surface area contributed by atoms with Crippen LogP contribution in [-0.4, -0.2) is 59.8 Å². The zero-order chi connectivity index (χ0) is 8.48. The molecule has 62 valence electrons. The van der Waals surface area contributed by atoms with Crippen LogP contribution < -0.4 is 5.14 Å². The Balaban J connectivity index is 0.00000121. The van der Waals surface area contributed by atoms with Crippen molar-refractivity contribution in [3.8, 4) is 0 Å². The summed E-state index contributed by atoms with van der Waals surface area (Å²) in [6, 6.07) is 6.40. The van der Waals surface area contributed by atoms with Crippen LogP contribution in [0.4, 0.5) is 0 Å². The fourth-order valence-corrected chi connectivity index (χ4v) is 1.24. The van der Waals surface area contributed by atoms with Crippen LogP contribution in [0.25, 0.3) is 0 Å². The predicted molar refractivity (Wildman–Crippen MR) is 49.7 cm³/mol. The third-order valence-electron chi connectivity index (χ3n) is 1.35. The Hall–Kier alpha value is 0.766. The molecule has 1 rings (SSSR count). The molecule has 2 N–H and O–H groups in total. The van der Waals surface area contributed by atoms with Crippen LogP contribution in [0.1, 0.15) is 5.56 Å². The maximum absolute atomic E-state index is 10.7. The monoisotopic (exact) mass is 211 g/mol. The second-order valence-electron chi connectivity index (χ2n) is 2.36. The van der Waals surface area contributed by atoms with Crippen molar-refractivity contribution in [2.45, 2.75) is 11.8 Å². The van der Waals surface area contributed by atoms with Crippen LogP contribution in [0.5, 0.6) is 0 Å². The van der Waals surface area contributed by atoms with Crippen molar-refractivity contribution < 1.29 is 8.42 Å². The van der Waals surface area contributed by atoms with E-state index in [4.69, 9.17) is 5.14 Å². The molecule has 0 radical (unpaired) electrons. The van der Waals surface area contributed by atoms with E-state index < -0.39 is 10.0 Å².